The molecule has 5 nitrogen and oxygen atoms in total. The zero-order chi connectivity index (χ0) is 20.2. The highest BCUT2D eigenvalue weighted by atomic mass is 15.1. The Morgan fingerprint density at radius 3 is 2.28 bits per heavy atom. The molecule has 0 spiro atoms. The molecule has 2 N–H and O–H groups in total. The van der Waals surface area contributed by atoms with Gasteiger partial charge in [0.2, 0.25) is 0 Å². The Bertz CT molecular complexity index is 1080. The van der Waals surface area contributed by atoms with Crippen molar-refractivity contribution < 1.29 is 0 Å². The van der Waals surface area contributed by atoms with Crippen molar-refractivity contribution in [1.82, 2.24) is 19.3 Å². The van der Waals surface area contributed by atoms with E-state index in [2.05, 4.69) is 87.8 Å². The van der Waals surface area contributed by atoms with Crippen LogP contribution in [0.1, 0.15) is 25.0 Å². The van der Waals surface area contributed by atoms with Gasteiger partial charge in [-0.1, -0.05) is 44.2 Å². The molecule has 0 radical (unpaired) electrons. The molecule has 0 unspecified atom stereocenters. The molecule has 0 saturated carbocycles. The van der Waals surface area contributed by atoms with E-state index in [1.54, 1.807) is 0 Å². The third kappa shape index (κ3) is 4.06. The van der Waals surface area contributed by atoms with Gasteiger partial charge in [-0.3, -0.25) is 14.3 Å². The van der Waals surface area contributed by atoms with Gasteiger partial charge in [0, 0.05) is 36.6 Å². The Morgan fingerprint density at radius 2 is 1.62 bits per heavy atom. The van der Waals surface area contributed by atoms with Crippen molar-refractivity contribution in [3.05, 3.63) is 78.2 Å². The SMILES string of the molecule is CCN(CC)Cc1ccc(-c2ccn3c(-c4ccc(CN)cc4)cnc3c2)nc1. The van der Waals surface area contributed by atoms with Gasteiger partial charge in [0.1, 0.15) is 5.65 Å². The maximum atomic E-state index is 5.70. The summed E-state index contributed by atoms with van der Waals surface area (Å²) in [7, 11) is 0. The molecule has 0 aliphatic rings. The number of nitrogens with two attached hydrogens (primary N) is 1. The van der Waals surface area contributed by atoms with E-state index in [1.165, 1.54) is 5.56 Å². The van der Waals surface area contributed by atoms with Crippen molar-refractivity contribution in [2.75, 3.05) is 13.1 Å². The van der Waals surface area contributed by atoms with Crippen LogP contribution in [0.15, 0.2) is 67.1 Å². The number of imidazole rings is 1. The lowest BCUT2D eigenvalue weighted by atomic mass is 10.1. The number of pyridine rings is 2. The van der Waals surface area contributed by atoms with Crippen LogP contribution in [0.4, 0.5) is 0 Å². The van der Waals surface area contributed by atoms with Gasteiger partial charge in [-0.15, -0.1) is 0 Å². The lowest BCUT2D eigenvalue weighted by Crippen LogP contribution is -2.22. The molecule has 0 fully saturated rings. The number of aromatic nitrogens is 3. The first-order chi connectivity index (χ1) is 14.2. The van der Waals surface area contributed by atoms with E-state index in [0.29, 0.717) is 6.54 Å². The first-order valence-corrected chi connectivity index (χ1v) is 10.2. The molecule has 0 aliphatic heterocycles. The van der Waals surface area contributed by atoms with Crippen molar-refractivity contribution >= 4 is 5.65 Å². The molecule has 29 heavy (non-hydrogen) atoms. The van der Waals surface area contributed by atoms with Gasteiger partial charge in [0.05, 0.1) is 17.6 Å². The Hall–Kier alpha value is -3.02. The summed E-state index contributed by atoms with van der Waals surface area (Å²) in [6, 6.07) is 16.8. The van der Waals surface area contributed by atoms with Gasteiger partial charge < -0.3 is 5.73 Å². The number of rotatable bonds is 7. The average Bonchev–Trinajstić information content (AvgIpc) is 3.21. The molecule has 0 atom stereocenters. The van der Waals surface area contributed by atoms with Gasteiger partial charge >= 0.3 is 0 Å². The summed E-state index contributed by atoms with van der Waals surface area (Å²) in [5.41, 5.74) is 13.2. The van der Waals surface area contributed by atoms with Gasteiger partial charge in [0.15, 0.2) is 0 Å². The van der Waals surface area contributed by atoms with Crippen LogP contribution in [-0.4, -0.2) is 32.4 Å². The summed E-state index contributed by atoms with van der Waals surface area (Å²) in [6.07, 6.45) is 5.96. The Labute approximate surface area is 171 Å². The van der Waals surface area contributed by atoms with E-state index in [-0.39, 0.29) is 0 Å². The first kappa shape index (κ1) is 19.3. The molecule has 5 heteroatoms. The molecular formula is C24H27N5. The standard InChI is InChI=1S/C24H27N5/c1-3-28(4-2)17-19-7-10-22(26-15-19)21-11-12-29-23(16-27-24(29)13-21)20-8-5-18(14-25)6-9-20/h5-13,15-16H,3-4,14,17,25H2,1-2H3. The maximum Gasteiger partial charge on any atom is 0.137 e. The molecule has 0 saturated heterocycles. The minimum atomic E-state index is 0.553. The summed E-state index contributed by atoms with van der Waals surface area (Å²) in [4.78, 5) is 11.7. The van der Waals surface area contributed by atoms with Crippen LogP contribution in [0.5, 0.6) is 0 Å². The summed E-state index contributed by atoms with van der Waals surface area (Å²) >= 11 is 0. The third-order valence-corrected chi connectivity index (χ3v) is 5.42. The van der Waals surface area contributed by atoms with Crippen molar-refractivity contribution in [2.24, 2.45) is 5.73 Å². The first-order valence-electron chi connectivity index (χ1n) is 10.2. The number of benzene rings is 1. The number of hydrogen-bond acceptors (Lipinski definition) is 4. The lowest BCUT2D eigenvalue weighted by Gasteiger charge is -2.17. The van der Waals surface area contributed by atoms with Crippen LogP contribution in [0.2, 0.25) is 0 Å². The van der Waals surface area contributed by atoms with Crippen LogP contribution in [0.25, 0.3) is 28.2 Å². The van der Waals surface area contributed by atoms with E-state index >= 15 is 0 Å². The molecule has 0 aliphatic carbocycles. The van der Waals surface area contributed by atoms with Gasteiger partial charge in [-0.25, -0.2) is 4.98 Å². The molecule has 148 valence electrons. The second-order valence-electron chi connectivity index (χ2n) is 7.20. The summed E-state index contributed by atoms with van der Waals surface area (Å²) < 4.78 is 2.11. The largest absolute Gasteiger partial charge is 0.326 e. The highest BCUT2D eigenvalue weighted by molar-refractivity contribution is 5.69. The van der Waals surface area contributed by atoms with Crippen molar-refractivity contribution in [2.45, 2.75) is 26.9 Å². The predicted octanol–water partition coefficient (Wildman–Crippen LogP) is 4.36. The zero-order valence-electron chi connectivity index (χ0n) is 17.0. The van der Waals surface area contributed by atoms with Crippen molar-refractivity contribution in [3.8, 4) is 22.5 Å². The number of fused-ring (bicyclic) bond motifs is 1. The van der Waals surface area contributed by atoms with E-state index in [9.17, 15) is 0 Å². The molecule has 0 bridgehead atoms. The molecule has 4 aromatic rings. The van der Waals surface area contributed by atoms with Crippen molar-refractivity contribution in [1.29, 1.82) is 0 Å². The number of hydrogen-bond donors (Lipinski definition) is 1. The van der Waals surface area contributed by atoms with Gasteiger partial charge in [-0.05, 0) is 42.4 Å². The average molecular weight is 386 g/mol. The van der Waals surface area contributed by atoms with Crippen LogP contribution in [0, 0.1) is 0 Å². The van der Waals surface area contributed by atoms with Crippen LogP contribution >= 0.6 is 0 Å². The van der Waals surface area contributed by atoms with Crippen LogP contribution < -0.4 is 5.73 Å². The van der Waals surface area contributed by atoms with Crippen LogP contribution in [-0.2, 0) is 13.1 Å². The maximum absolute atomic E-state index is 5.70. The zero-order valence-corrected chi connectivity index (χ0v) is 17.0. The summed E-state index contributed by atoms with van der Waals surface area (Å²) in [5, 5.41) is 0. The summed E-state index contributed by atoms with van der Waals surface area (Å²) in [5.74, 6) is 0. The monoisotopic (exact) mass is 385 g/mol. The quantitative estimate of drug-likeness (QED) is 0.513. The van der Waals surface area contributed by atoms with E-state index < -0.39 is 0 Å². The smallest absolute Gasteiger partial charge is 0.137 e. The van der Waals surface area contributed by atoms with E-state index in [4.69, 9.17) is 5.73 Å². The second-order valence-corrected chi connectivity index (χ2v) is 7.20. The van der Waals surface area contributed by atoms with Gasteiger partial charge in [0.25, 0.3) is 0 Å². The lowest BCUT2D eigenvalue weighted by molar-refractivity contribution is 0.295. The number of nitrogens with zero attached hydrogens (tertiary/aromatic N) is 4. The topological polar surface area (TPSA) is 59.5 Å². The molecule has 0 amide bonds. The fourth-order valence-electron chi connectivity index (χ4n) is 3.56. The molecule has 1 aromatic carbocycles. The van der Waals surface area contributed by atoms with Gasteiger partial charge in [-0.2, -0.15) is 0 Å². The molecule has 4 rings (SSSR count). The fourth-order valence-corrected chi connectivity index (χ4v) is 3.56. The van der Waals surface area contributed by atoms with E-state index in [1.807, 2.05) is 12.4 Å². The van der Waals surface area contributed by atoms with Crippen LogP contribution in [0.3, 0.4) is 0 Å². The minimum Gasteiger partial charge on any atom is -0.326 e. The molecular weight excluding hydrogens is 358 g/mol. The highest BCUT2D eigenvalue weighted by Crippen LogP contribution is 2.25. The van der Waals surface area contributed by atoms with Crippen molar-refractivity contribution in [3.63, 3.8) is 0 Å². The summed E-state index contributed by atoms with van der Waals surface area (Å²) in [6.45, 7) is 7.96. The minimum absolute atomic E-state index is 0.553. The third-order valence-electron chi connectivity index (χ3n) is 5.42. The molecule has 3 aromatic heterocycles. The Kier molecular flexibility index (Phi) is 5.69. The Balaban J connectivity index is 1.59. The predicted molar refractivity (Wildman–Crippen MR) is 118 cm³/mol. The normalized spacial score (nSPS) is 11.4. The molecule has 3 heterocycles. The fraction of sp³-hybridized carbons (Fsp3) is 0.250. The van der Waals surface area contributed by atoms with E-state index in [0.717, 1.165) is 53.4 Å². The highest BCUT2D eigenvalue weighted by Gasteiger charge is 2.09. The Morgan fingerprint density at radius 1 is 0.862 bits per heavy atom. The second kappa shape index (κ2) is 8.55.